The zero-order valence-corrected chi connectivity index (χ0v) is 12.2. The summed E-state index contributed by atoms with van der Waals surface area (Å²) in [5.41, 5.74) is 7.18. The van der Waals surface area contributed by atoms with Gasteiger partial charge in [0.1, 0.15) is 6.54 Å². The molecule has 2 N–H and O–H groups in total. The maximum Gasteiger partial charge on any atom is 0.435 e. The Bertz CT molecular complexity index is 739. The van der Waals surface area contributed by atoms with E-state index in [9.17, 15) is 18.0 Å². The van der Waals surface area contributed by atoms with Crippen molar-refractivity contribution in [1.29, 1.82) is 0 Å². The van der Waals surface area contributed by atoms with Gasteiger partial charge in [0.25, 0.3) is 0 Å². The number of nitrogens with two attached hydrogens (primary N) is 1. The number of fused-ring (bicyclic) bond motifs is 1. The molecule has 1 amide bonds. The first-order chi connectivity index (χ1) is 10.9. The Balaban J connectivity index is 1.80. The predicted molar refractivity (Wildman–Crippen MR) is 78.8 cm³/mol. The van der Waals surface area contributed by atoms with Crippen LogP contribution in [0.3, 0.4) is 0 Å². The Morgan fingerprint density at radius 3 is 2.78 bits per heavy atom. The number of rotatable bonds is 2. The number of carbonyl (C=O) groups is 1. The molecule has 0 spiro atoms. The lowest BCUT2D eigenvalue weighted by Gasteiger charge is -2.30. The van der Waals surface area contributed by atoms with E-state index >= 15 is 0 Å². The molecule has 0 unspecified atom stereocenters. The number of hydrogen-bond donors (Lipinski definition) is 1. The predicted octanol–water partition coefficient (Wildman–Crippen LogP) is 2.46. The first-order valence-electron chi connectivity index (χ1n) is 7.14. The molecule has 0 atom stereocenters. The van der Waals surface area contributed by atoms with Crippen LogP contribution in [0.25, 0.3) is 0 Å². The van der Waals surface area contributed by atoms with E-state index in [2.05, 4.69) is 5.10 Å². The van der Waals surface area contributed by atoms with E-state index < -0.39 is 11.9 Å². The van der Waals surface area contributed by atoms with Gasteiger partial charge in [-0.25, -0.2) is 0 Å². The highest BCUT2D eigenvalue weighted by atomic mass is 19.4. The zero-order chi connectivity index (χ0) is 16.6. The summed E-state index contributed by atoms with van der Waals surface area (Å²) in [5.74, 6) is -0.312. The van der Waals surface area contributed by atoms with Crippen molar-refractivity contribution in [1.82, 2.24) is 9.78 Å². The van der Waals surface area contributed by atoms with Gasteiger partial charge in [0.05, 0.1) is 0 Å². The van der Waals surface area contributed by atoms with Gasteiger partial charge in [0.2, 0.25) is 5.91 Å². The first kappa shape index (κ1) is 15.4. The molecule has 0 fully saturated rings. The zero-order valence-electron chi connectivity index (χ0n) is 12.2. The van der Waals surface area contributed by atoms with Crippen molar-refractivity contribution in [3.63, 3.8) is 0 Å². The van der Waals surface area contributed by atoms with Crippen LogP contribution in [-0.2, 0) is 23.9 Å². The minimum absolute atomic E-state index is 0.246. The number of nitrogens with zero attached hydrogens (tertiary/aromatic N) is 3. The molecule has 0 saturated carbocycles. The number of halogens is 3. The summed E-state index contributed by atoms with van der Waals surface area (Å²) >= 11 is 0. The van der Waals surface area contributed by atoms with Gasteiger partial charge in [-0.1, -0.05) is 6.07 Å². The second kappa shape index (κ2) is 5.60. The third-order valence-electron chi connectivity index (χ3n) is 3.82. The SMILES string of the molecule is Nc1cccc2c1CCCN2C(=O)Cn1ccc(C(F)(F)F)n1. The molecule has 0 radical (unpaired) electrons. The van der Waals surface area contributed by atoms with Crippen LogP contribution in [0.2, 0.25) is 0 Å². The summed E-state index contributed by atoms with van der Waals surface area (Å²) in [6.07, 6.45) is -1.81. The first-order valence-corrected chi connectivity index (χ1v) is 7.14. The Labute approximate surface area is 130 Å². The van der Waals surface area contributed by atoms with Crippen molar-refractivity contribution in [3.8, 4) is 0 Å². The Kier molecular flexibility index (Phi) is 3.75. The minimum atomic E-state index is -4.51. The van der Waals surface area contributed by atoms with Crippen LogP contribution in [0.15, 0.2) is 30.5 Å². The van der Waals surface area contributed by atoms with Crippen molar-refractivity contribution in [2.45, 2.75) is 25.6 Å². The van der Waals surface area contributed by atoms with E-state index in [4.69, 9.17) is 5.73 Å². The van der Waals surface area contributed by atoms with Gasteiger partial charge < -0.3 is 10.6 Å². The number of benzene rings is 1. The van der Waals surface area contributed by atoms with Gasteiger partial charge in [0.15, 0.2) is 5.69 Å². The van der Waals surface area contributed by atoms with Crippen LogP contribution < -0.4 is 10.6 Å². The number of anilines is 2. The van der Waals surface area contributed by atoms with Gasteiger partial charge in [-0.05, 0) is 36.6 Å². The average molecular weight is 324 g/mol. The van der Waals surface area contributed by atoms with Crippen LogP contribution in [0.4, 0.5) is 24.5 Å². The van der Waals surface area contributed by atoms with Crippen molar-refractivity contribution in [3.05, 3.63) is 41.7 Å². The van der Waals surface area contributed by atoms with Crippen molar-refractivity contribution >= 4 is 17.3 Å². The normalized spacial score (nSPS) is 14.7. The highest BCUT2D eigenvalue weighted by Crippen LogP contribution is 2.31. The summed E-state index contributed by atoms with van der Waals surface area (Å²) in [7, 11) is 0. The van der Waals surface area contributed by atoms with E-state index in [-0.39, 0.29) is 12.5 Å². The molecule has 3 rings (SSSR count). The number of amides is 1. The van der Waals surface area contributed by atoms with E-state index in [0.29, 0.717) is 12.2 Å². The molecule has 0 bridgehead atoms. The Hall–Kier alpha value is -2.51. The molecule has 1 aliphatic rings. The second-order valence-electron chi connectivity index (χ2n) is 5.39. The standard InChI is InChI=1S/C15H15F3N4O/c16-15(17,18)13-6-8-21(20-13)9-14(23)22-7-2-3-10-11(19)4-1-5-12(10)22/h1,4-6,8H,2-3,7,9,19H2. The molecule has 23 heavy (non-hydrogen) atoms. The fourth-order valence-electron chi connectivity index (χ4n) is 2.74. The molecule has 2 heterocycles. The van der Waals surface area contributed by atoms with Gasteiger partial charge in [-0.2, -0.15) is 18.3 Å². The van der Waals surface area contributed by atoms with E-state index in [1.807, 2.05) is 0 Å². The van der Waals surface area contributed by atoms with Gasteiger partial charge in [-0.3, -0.25) is 9.48 Å². The number of aromatic nitrogens is 2. The summed E-state index contributed by atoms with van der Waals surface area (Å²) in [6, 6.07) is 6.19. The Morgan fingerprint density at radius 1 is 1.30 bits per heavy atom. The lowest BCUT2D eigenvalue weighted by molar-refractivity contribution is -0.141. The van der Waals surface area contributed by atoms with Crippen LogP contribution in [0.1, 0.15) is 17.7 Å². The summed E-state index contributed by atoms with van der Waals surface area (Å²) in [4.78, 5) is 14.0. The third-order valence-corrected chi connectivity index (χ3v) is 3.82. The monoisotopic (exact) mass is 324 g/mol. The molecule has 2 aromatic rings. The number of nitrogen functional groups attached to an aromatic ring is 1. The van der Waals surface area contributed by atoms with Crippen LogP contribution in [0.5, 0.6) is 0 Å². The number of alkyl halides is 3. The summed E-state index contributed by atoms with van der Waals surface area (Å²) in [5, 5.41) is 3.41. The number of carbonyl (C=O) groups excluding carboxylic acids is 1. The summed E-state index contributed by atoms with van der Waals surface area (Å²) in [6.45, 7) is 0.271. The lowest BCUT2D eigenvalue weighted by atomic mass is 10.00. The van der Waals surface area contributed by atoms with Crippen molar-refractivity contribution in [2.24, 2.45) is 0 Å². The van der Waals surface area contributed by atoms with Crippen molar-refractivity contribution < 1.29 is 18.0 Å². The Morgan fingerprint density at radius 2 is 2.09 bits per heavy atom. The molecular formula is C15H15F3N4O. The average Bonchev–Trinajstić information content (AvgIpc) is 2.96. The molecule has 1 aliphatic heterocycles. The van der Waals surface area contributed by atoms with Crippen LogP contribution in [-0.4, -0.2) is 22.2 Å². The molecule has 122 valence electrons. The summed E-state index contributed by atoms with van der Waals surface area (Å²) < 4.78 is 38.7. The molecule has 1 aromatic heterocycles. The lowest BCUT2D eigenvalue weighted by Crippen LogP contribution is -2.38. The smallest absolute Gasteiger partial charge is 0.398 e. The van der Waals surface area contributed by atoms with Gasteiger partial charge in [0, 0.05) is 24.1 Å². The van der Waals surface area contributed by atoms with E-state index in [1.54, 1.807) is 23.1 Å². The molecule has 8 heteroatoms. The largest absolute Gasteiger partial charge is 0.435 e. The van der Waals surface area contributed by atoms with E-state index in [1.165, 1.54) is 0 Å². The van der Waals surface area contributed by atoms with Crippen LogP contribution in [0, 0.1) is 0 Å². The van der Waals surface area contributed by atoms with Gasteiger partial charge >= 0.3 is 6.18 Å². The fourth-order valence-corrected chi connectivity index (χ4v) is 2.74. The molecule has 5 nitrogen and oxygen atoms in total. The highest BCUT2D eigenvalue weighted by molar-refractivity contribution is 5.95. The third kappa shape index (κ3) is 3.01. The van der Waals surface area contributed by atoms with Crippen molar-refractivity contribution in [2.75, 3.05) is 17.2 Å². The van der Waals surface area contributed by atoms with Gasteiger partial charge in [-0.15, -0.1) is 0 Å². The topological polar surface area (TPSA) is 64.2 Å². The quantitative estimate of drug-likeness (QED) is 0.863. The van der Waals surface area contributed by atoms with E-state index in [0.717, 1.165) is 41.0 Å². The molecule has 0 saturated heterocycles. The second-order valence-corrected chi connectivity index (χ2v) is 5.39. The number of hydrogen-bond acceptors (Lipinski definition) is 3. The van der Waals surface area contributed by atoms with Crippen LogP contribution >= 0.6 is 0 Å². The maximum absolute atomic E-state index is 12.5. The molecule has 0 aliphatic carbocycles. The maximum atomic E-state index is 12.5. The molecular weight excluding hydrogens is 309 g/mol. The minimum Gasteiger partial charge on any atom is -0.398 e. The fraction of sp³-hybridized carbons (Fsp3) is 0.333. The molecule has 1 aromatic carbocycles. The highest BCUT2D eigenvalue weighted by Gasteiger charge is 2.34.